The summed E-state index contributed by atoms with van der Waals surface area (Å²) in [5.41, 5.74) is 14.3. The Kier molecular flexibility index (Phi) is 7.72. The first-order chi connectivity index (χ1) is 27.2. The smallest absolute Gasteiger partial charge is 0.164 e. The van der Waals surface area contributed by atoms with Crippen LogP contribution < -0.4 is 0 Å². The maximum Gasteiger partial charge on any atom is 0.164 e. The van der Waals surface area contributed by atoms with Crippen molar-refractivity contribution in [2.75, 3.05) is 0 Å². The summed E-state index contributed by atoms with van der Waals surface area (Å²) in [6, 6.07) is 47.7. The molecule has 10 rings (SSSR count). The van der Waals surface area contributed by atoms with E-state index in [9.17, 15) is 0 Å². The van der Waals surface area contributed by atoms with Crippen LogP contribution in [0.25, 0.3) is 89.4 Å². The minimum atomic E-state index is 0.580. The molecule has 0 atom stereocenters. The van der Waals surface area contributed by atoms with E-state index in [2.05, 4.69) is 184 Å². The van der Waals surface area contributed by atoms with E-state index in [1.807, 2.05) is 0 Å². The third-order valence-corrected chi connectivity index (χ3v) is 10.9. The second-order valence-electron chi connectivity index (χ2n) is 15.4. The Balaban J connectivity index is 1.31. The van der Waals surface area contributed by atoms with E-state index >= 15 is 0 Å². The molecule has 0 N–H and O–H groups in total. The average molecular weight is 725 g/mol. The number of aryl methyl sites for hydroxylation is 6. The van der Waals surface area contributed by atoms with Crippen LogP contribution in [-0.4, -0.2) is 29.1 Å². The number of nitrogens with zero attached hydrogens (tertiary/aromatic N) is 6. The van der Waals surface area contributed by atoms with Crippen molar-refractivity contribution in [1.82, 2.24) is 29.1 Å². The molecule has 0 bridgehead atoms. The molecule has 0 unspecified atom stereocenters. The quantitative estimate of drug-likeness (QED) is 0.177. The number of rotatable bonds is 5. The Morgan fingerprint density at radius 2 is 0.571 bits per heavy atom. The highest BCUT2D eigenvalue weighted by molar-refractivity contribution is 6.11. The molecule has 4 heterocycles. The molecule has 0 radical (unpaired) electrons. The molecule has 0 aliphatic rings. The van der Waals surface area contributed by atoms with Gasteiger partial charge in [-0.1, -0.05) is 106 Å². The molecule has 0 saturated carbocycles. The largest absolute Gasteiger partial charge is 0.294 e. The highest BCUT2D eigenvalue weighted by Crippen LogP contribution is 2.37. The second-order valence-corrected chi connectivity index (χ2v) is 15.4. The van der Waals surface area contributed by atoms with Crippen LogP contribution in [0.3, 0.4) is 0 Å². The van der Waals surface area contributed by atoms with Gasteiger partial charge in [0.05, 0.1) is 22.1 Å². The van der Waals surface area contributed by atoms with Gasteiger partial charge in [0.1, 0.15) is 11.6 Å². The Labute approximate surface area is 325 Å². The van der Waals surface area contributed by atoms with Gasteiger partial charge >= 0.3 is 0 Å². The molecule has 270 valence electrons. The van der Waals surface area contributed by atoms with Gasteiger partial charge in [0, 0.05) is 38.2 Å². The van der Waals surface area contributed by atoms with Crippen LogP contribution in [-0.2, 0) is 0 Å². The molecular formula is C50H40N6. The van der Waals surface area contributed by atoms with Crippen molar-refractivity contribution >= 4 is 43.6 Å². The Morgan fingerprint density at radius 1 is 0.286 bits per heavy atom. The Morgan fingerprint density at radius 3 is 0.893 bits per heavy atom. The number of hydrogen-bond donors (Lipinski definition) is 0. The summed E-state index contributed by atoms with van der Waals surface area (Å²) >= 11 is 0. The van der Waals surface area contributed by atoms with E-state index < -0.39 is 0 Å². The Hall–Kier alpha value is -6.92. The van der Waals surface area contributed by atoms with Gasteiger partial charge in [-0.25, -0.2) is 19.9 Å². The third kappa shape index (κ3) is 5.64. The normalized spacial score (nSPS) is 11.8. The Bertz CT molecular complexity index is 2860. The van der Waals surface area contributed by atoms with Gasteiger partial charge in [0.25, 0.3) is 0 Å². The second kappa shape index (κ2) is 12.8. The van der Waals surface area contributed by atoms with E-state index in [1.54, 1.807) is 0 Å². The van der Waals surface area contributed by atoms with Crippen molar-refractivity contribution < 1.29 is 0 Å². The van der Waals surface area contributed by atoms with Crippen LogP contribution in [0.5, 0.6) is 0 Å². The highest BCUT2D eigenvalue weighted by Gasteiger charge is 2.21. The summed E-state index contributed by atoms with van der Waals surface area (Å²) in [5, 5.41) is 4.79. The molecule has 6 aromatic carbocycles. The molecule has 0 aliphatic heterocycles. The van der Waals surface area contributed by atoms with Gasteiger partial charge < -0.3 is 0 Å². The molecule has 0 amide bonds. The predicted octanol–water partition coefficient (Wildman–Crippen LogP) is 12.3. The number of hydrogen-bond acceptors (Lipinski definition) is 4. The summed E-state index contributed by atoms with van der Waals surface area (Å²) in [6.07, 6.45) is 0. The molecule has 0 aliphatic carbocycles. The summed E-state index contributed by atoms with van der Waals surface area (Å²) in [6.45, 7) is 12.8. The molecule has 56 heavy (non-hydrogen) atoms. The summed E-state index contributed by atoms with van der Waals surface area (Å²) in [5.74, 6) is 3.39. The number of aromatic nitrogens is 6. The molecule has 6 heteroatoms. The van der Waals surface area contributed by atoms with Crippen molar-refractivity contribution in [3.8, 4) is 45.8 Å². The fourth-order valence-electron chi connectivity index (χ4n) is 8.02. The number of pyridine rings is 1. The summed E-state index contributed by atoms with van der Waals surface area (Å²) in [4.78, 5) is 21.1. The minimum absolute atomic E-state index is 0.580. The van der Waals surface area contributed by atoms with Gasteiger partial charge in [-0.15, -0.1) is 0 Å². The molecule has 0 saturated heterocycles. The van der Waals surface area contributed by atoms with Crippen LogP contribution in [0.4, 0.5) is 0 Å². The van der Waals surface area contributed by atoms with E-state index in [4.69, 9.17) is 19.9 Å². The van der Waals surface area contributed by atoms with Gasteiger partial charge in [0.2, 0.25) is 0 Å². The third-order valence-electron chi connectivity index (χ3n) is 10.9. The average Bonchev–Trinajstić information content (AvgIpc) is 3.69. The molecule has 4 aromatic heterocycles. The summed E-state index contributed by atoms with van der Waals surface area (Å²) in [7, 11) is 0. The van der Waals surface area contributed by atoms with Crippen molar-refractivity contribution in [2.45, 2.75) is 41.5 Å². The standard InChI is InChI=1S/C50H40N6/c1-29-7-15-35(16-8-29)48-52-49(36-17-9-30(2)10-18-36)54-50(53-48)37-27-46(55-42-19-11-31(3)23-38(42)39-24-32(4)12-20-43(39)55)51-47(28-37)56-44-21-13-33(5)25-40(44)41-26-34(6)14-22-45(41)56/h7-28H,1-6H3. The van der Waals surface area contributed by atoms with E-state index in [0.29, 0.717) is 17.5 Å². The molecule has 6 nitrogen and oxygen atoms in total. The SMILES string of the molecule is Cc1ccc(-c2nc(-c3ccc(C)cc3)nc(-c3cc(-n4c5ccc(C)cc5c5cc(C)ccc54)nc(-n4c5ccc(C)cc5c5cc(C)ccc54)c3)n2)cc1. The van der Waals surface area contributed by atoms with Gasteiger partial charge in [-0.05, 0) is 102 Å². The lowest BCUT2D eigenvalue weighted by atomic mass is 10.1. The molecule has 10 aromatic rings. The van der Waals surface area contributed by atoms with Crippen LogP contribution in [0, 0.1) is 41.5 Å². The topological polar surface area (TPSA) is 61.4 Å². The van der Waals surface area contributed by atoms with Crippen molar-refractivity contribution in [2.24, 2.45) is 0 Å². The van der Waals surface area contributed by atoms with Crippen LogP contribution in [0.2, 0.25) is 0 Å². The monoisotopic (exact) mass is 724 g/mol. The number of benzene rings is 6. The summed E-state index contributed by atoms with van der Waals surface area (Å²) < 4.78 is 4.59. The van der Waals surface area contributed by atoms with E-state index in [0.717, 1.165) is 50.4 Å². The maximum absolute atomic E-state index is 5.57. The van der Waals surface area contributed by atoms with Crippen molar-refractivity contribution in [1.29, 1.82) is 0 Å². The van der Waals surface area contributed by atoms with Gasteiger partial charge in [-0.2, -0.15) is 0 Å². The van der Waals surface area contributed by atoms with Gasteiger partial charge in [-0.3, -0.25) is 9.13 Å². The zero-order chi connectivity index (χ0) is 38.2. The first-order valence-corrected chi connectivity index (χ1v) is 19.1. The van der Waals surface area contributed by atoms with Crippen LogP contribution in [0.1, 0.15) is 33.4 Å². The van der Waals surface area contributed by atoms with Crippen LogP contribution >= 0.6 is 0 Å². The molecular weight excluding hydrogens is 685 g/mol. The lowest BCUT2D eigenvalue weighted by molar-refractivity contribution is 1.01. The maximum atomic E-state index is 5.57. The fourth-order valence-corrected chi connectivity index (χ4v) is 8.02. The lowest BCUT2D eigenvalue weighted by Gasteiger charge is -2.15. The van der Waals surface area contributed by atoms with E-state index in [-0.39, 0.29) is 0 Å². The minimum Gasteiger partial charge on any atom is -0.294 e. The predicted molar refractivity (Wildman–Crippen MR) is 231 cm³/mol. The van der Waals surface area contributed by atoms with E-state index in [1.165, 1.54) is 54.9 Å². The zero-order valence-corrected chi connectivity index (χ0v) is 32.4. The van der Waals surface area contributed by atoms with Crippen molar-refractivity contribution in [3.05, 3.63) is 167 Å². The molecule has 0 fully saturated rings. The number of fused-ring (bicyclic) bond motifs is 6. The highest BCUT2D eigenvalue weighted by atomic mass is 15.1. The first-order valence-electron chi connectivity index (χ1n) is 19.1. The molecule has 0 spiro atoms. The first kappa shape index (κ1) is 33.6. The zero-order valence-electron chi connectivity index (χ0n) is 32.4. The van der Waals surface area contributed by atoms with Gasteiger partial charge in [0.15, 0.2) is 17.5 Å². The lowest BCUT2D eigenvalue weighted by Crippen LogP contribution is -2.06. The van der Waals surface area contributed by atoms with Crippen molar-refractivity contribution in [3.63, 3.8) is 0 Å². The fraction of sp³-hybridized carbons (Fsp3) is 0.120. The van der Waals surface area contributed by atoms with Crippen LogP contribution in [0.15, 0.2) is 133 Å².